The van der Waals surface area contributed by atoms with Crippen LogP contribution in [0.25, 0.3) is 0 Å². The number of carbonyl (C=O) groups excluding carboxylic acids is 2. The Hall–Kier alpha value is -1.18. The van der Waals surface area contributed by atoms with E-state index in [-0.39, 0.29) is 24.9 Å². The van der Waals surface area contributed by atoms with Crippen molar-refractivity contribution in [2.75, 3.05) is 19.7 Å². The van der Waals surface area contributed by atoms with Crippen molar-refractivity contribution in [1.82, 2.24) is 10.3 Å². The van der Waals surface area contributed by atoms with E-state index in [0.29, 0.717) is 25.3 Å². The van der Waals surface area contributed by atoms with E-state index < -0.39 is 5.97 Å². The summed E-state index contributed by atoms with van der Waals surface area (Å²) in [7, 11) is 0. The number of amides is 1. The number of hydrogen-bond donors (Lipinski definition) is 2. The Morgan fingerprint density at radius 1 is 1.56 bits per heavy atom. The van der Waals surface area contributed by atoms with Gasteiger partial charge in [-0.2, -0.15) is 0 Å². The number of rotatable bonds is 6. The lowest BCUT2D eigenvalue weighted by Crippen LogP contribution is -2.30. The van der Waals surface area contributed by atoms with Gasteiger partial charge >= 0.3 is 5.97 Å². The number of ether oxygens (including phenoxy) is 1. The van der Waals surface area contributed by atoms with E-state index in [1.807, 2.05) is 0 Å². The maximum atomic E-state index is 11.6. The summed E-state index contributed by atoms with van der Waals surface area (Å²) < 4.78 is 4.68. The van der Waals surface area contributed by atoms with E-state index in [1.165, 1.54) is 11.3 Å². The lowest BCUT2D eigenvalue weighted by Gasteiger charge is -2.02. The van der Waals surface area contributed by atoms with E-state index in [9.17, 15) is 9.59 Å². The molecule has 3 N–H and O–H groups in total. The van der Waals surface area contributed by atoms with Gasteiger partial charge in [-0.1, -0.05) is 0 Å². The molecule has 0 spiro atoms. The van der Waals surface area contributed by atoms with Crippen LogP contribution in [-0.2, 0) is 16.0 Å². The number of nitrogens with zero attached hydrogens (tertiary/aromatic N) is 1. The minimum absolute atomic E-state index is 0. The summed E-state index contributed by atoms with van der Waals surface area (Å²) in [5, 5.41) is 4.90. The summed E-state index contributed by atoms with van der Waals surface area (Å²) in [6, 6.07) is 0. The van der Waals surface area contributed by atoms with Crippen molar-refractivity contribution in [3.8, 4) is 0 Å². The van der Waals surface area contributed by atoms with Crippen LogP contribution in [-0.4, -0.2) is 36.6 Å². The molecule has 0 saturated carbocycles. The Bertz CT molecular complexity index is 397. The average Bonchev–Trinajstić information content (AvgIpc) is 2.75. The molecule has 0 bridgehead atoms. The van der Waals surface area contributed by atoms with Gasteiger partial charge in [-0.3, -0.25) is 9.59 Å². The zero-order chi connectivity index (χ0) is 12.7. The van der Waals surface area contributed by atoms with E-state index >= 15 is 0 Å². The molecule has 0 aliphatic heterocycles. The van der Waals surface area contributed by atoms with Gasteiger partial charge in [-0.25, -0.2) is 4.98 Å². The van der Waals surface area contributed by atoms with Gasteiger partial charge in [0.1, 0.15) is 12.2 Å². The Kier molecular flexibility index (Phi) is 8.27. The number of hydrogen-bond acceptors (Lipinski definition) is 6. The molecular formula is C10H16ClN3O3S. The molecule has 6 nitrogen and oxygen atoms in total. The summed E-state index contributed by atoms with van der Waals surface area (Å²) in [5.74, 6) is -0.837. The number of nitrogens with one attached hydrogen (secondary N) is 1. The van der Waals surface area contributed by atoms with Crippen LogP contribution in [0.4, 0.5) is 0 Å². The van der Waals surface area contributed by atoms with Crippen LogP contribution in [0.15, 0.2) is 5.38 Å². The first-order valence-electron chi connectivity index (χ1n) is 5.25. The number of thiazole rings is 1. The zero-order valence-corrected chi connectivity index (χ0v) is 11.6. The minimum atomic E-state index is -0.460. The lowest BCUT2D eigenvalue weighted by atomic mass is 10.4. The molecule has 0 saturated heterocycles. The fraction of sp³-hybridized carbons (Fsp3) is 0.500. The average molecular weight is 294 g/mol. The second-order valence-electron chi connectivity index (χ2n) is 3.15. The molecular weight excluding hydrogens is 278 g/mol. The normalized spacial score (nSPS) is 9.44. The maximum absolute atomic E-state index is 11.6. The van der Waals surface area contributed by atoms with Crippen molar-refractivity contribution in [2.45, 2.75) is 13.3 Å². The standard InChI is InChI=1S/C10H15N3O3S.ClH/c1-2-16-9(14)5-12-10(15)7-6-17-8(13-7)3-4-11;/h6H,2-5,11H2,1H3,(H,12,15);1H. The summed E-state index contributed by atoms with van der Waals surface area (Å²) >= 11 is 1.38. The first-order valence-corrected chi connectivity index (χ1v) is 6.13. The lowest BCUT2D eigenvalue weighted by molar-refractivity contribution is -0.141. The molecule has 1 aromatic rings. The molecule has 0 aromatic carbocycles. The molecule has 0 unspecified atom stereocenters. The maximum Gasteiger partial charge on any atom is 0.325 e. The summed E-state index contributed by atoms with van der Waals surface area (Å²) in [6.45, 7) is 2.36. The van der Waals surface area contributed by atoms with Gasteiger partial charge in [-0.05, 0) is 13.5 Å². The summed E-state index contributed by atoms with van der Waals surface area (Å²) in [4.78, 5) is 26.7. The first-order chi connectivity index (χ1) is 8.17. The van der Waals surface area contributed by atoms with Crippen molar-refractivity contribution in [1.29, 1.82) is 0 Å². The SMILES string of the molecule is CCOC(=O)CNC(=O)c1csc(CCN)n1.Cl. The molecule has 18 heavy (non-hydrogen) atoms. The Labute approximate surface area is 115 Å². The highest BCUT2D eigenvalue weighted by molar-refractivity contribution is 7.09. The third kappa shape index (κ3) is 5.44. The molecule has 1 amide bonds. The summed E-state index contributed by atoms with van der Waals surface area (Å²) in [5.41, 5.74) is 5.69. The third-order valence-electron chi connectivity index (χ3n) is 1.84. The number of carbonyl (C=O) groups is 2. The van der Waals surface area contributed by atoms with Crippen molar-refractivity contribution in [3.05, 3.63) is 16.1 Å². The van der Waals surface area contributed by atoms with Crippen LogP contribution in [0.5, 0.6) is 0 Å². The monoisotopic (exact) mass is 293 g/mol. The van der Waals surface area contributed by atoms with Crippen LogP contribution in [0.2, 0.25) is 0 Å². The van der Waals surface area contributed by atoms with E-state index in [0.717, 1.165) is 5.01 Å². The highest BCUT2D eigenvalue weighted by atomic mass is 35.5. The van der Waals surface area contributed by atoms with Gasteiger partial charge in [0, 0.05) is 11.8 Å². The van der Waals surface area contributed by atoms with Gasteiger partial charge in [0.25, 0.3) is 5.91 Å². The molecule has 8 heteroatoms. The van der Waals surface area contributed by atoms with Crippen molar-refractivity contribution in [2.24, 2.45) is 5.73 Å². The van der Waals surface area contributed by atoms with Gasteiger partial charge in [-0.15, -0.1) is 23.7 Å². The predicted molar refractivity (Wildman–Crippen MR) is 71.1 cm³/mol. The van der Waals surface area contributed by atoms with Crippen LogP contribution >= 0.6 is 23.7 Å². The van der Waals surface area contributed by atoms with Crippen LogP contribution in [0, 0.1) is 0 Å². The Morgan fingerprint density at radius 3 is 2.89 bits per heavy atom. The van der Waals surface area contributed by atoms with Crippen molar-refractivity contribution < 1.29 is 14.3 Å². The number of aromatic nitrogens is 1. The molecule has 1 aromatic heterocycles. The zero-order valence-electron chi connectivity index (χ0n) is 9.97. The van der Waals surface area contributed by atoms with E-state index in [1.54, 1.807) is 12.3 Å². The smallest absolute Gasteiger partial charge is 0.325 e. The molecule has 0 fully saturated rings. The fourth-order valence-corrected chi connectivity index (χ4v) is 1.90. The largest absolute Gasteiger partial charge is 0.465 e. The Balaban J connectivity index is 0.00000289. The van der Waals surface area contributed by atoms with Gasteiger partial charge in [0.2, 0.25) is 0 Å². The summed E-state index contributed by atoms with van der Waals surface area (Å²) in [6.07, 6.45) is 0.649. The quantitative estimate of drug-likeness (QED) is 0.739. The number of halogens is 1. The molecule has 1 heterocycles. The molecule has 0 atom stereocenters. The van der Waals surface area contributed by atoms with Crippen LogP contribution in [0.1, 0.15) is 22.4 Å². The van der Waals surface area contributed by atoms with Crippen molar-refractivity contribution in [3.63, 3.8) is 0 Å². The highest BCUT2D eigenvalue weighted by Gasteiger charge is 2.11. The fourth-order valence-electron chi connectivity index (χ4n) is 1.11. The number of esters is 1. The molecule has 0 aliphatic carbocycles. The molecule has 0 aliphatic rings. The van der Waals surface area contributed by atoms with Crippen molar-refractivity contribution >= 4 is 35.6 Å². The first kappa shape index (κ1) is 16.8. The van der Waals surface area contributed by atoms with Crippen LogP contribution < -0.4 is 11.1 Å². The molecule has 0 radical (unpaired) electrons. The molecule has 1 rings (SSSR count). The second-order valence-corrected chi connectivity index (χ2v) is 4.10. The second kappa shape index (κ2) is 8.84. The van der Waals surface area contributed by atoms with Crippen LogP contribution in [0.3, 0.4) is 0 Å². The predicted octanol–water partition coefficient (Wildman–Crippen LogP) is 0.359. The van der Waals surface area contributed by atoms with Gasteiger partial charge < -0.3 is 15.8 Å². The Morgan fingerprint density at radius 2 is 2.28 bits per heavy atom. The van der Waals surface area contributed by atoms with Gasteiger partial charge in [0.15, 0.2) is 0 Å². The number of nitrogens with two attached hydrogens (primary N) is 1. The third-order valence-corrected chi connectivity index (χ3v) is 2.75. The van der Waals surface area contributed by atoms with Gasteiger partial charge in [0.05, 0.1) is 11.6 Å². The minimum Gasteiger partial charge on any atom is -0.465 e. The molecule has 102 valence electrons. The van der Waals surface area contributed by atoms with E-state index in [4.69, 9.17) is 5.73 Å². The topological polar surface area (TPSA) is 94.3 Å². The highest BCUT2D eigenvalue weighted by Crippen LogP contribution is 2.09. The van der Waals surface area contributed by atoms with E-state index in [2.05, 4.69) is 15.0 Å².